The van der Waals surface area contributed by atoms with E-state index in [0.29, 0.717) is 0 Å². The number of aliphatic imine (C=N–C) groups is 1. The molecule has 0 bridgehead atoms. The molecule has 0 radical (unpaired) electrons. The van der Waals surface area contributed by atoms with Crippen LogP contribution >= 0.6 is 0 Å². The molecule has 0 aromatic heterocycles. The van der Waals surface area contributed by atoms with Crippen molar-refractivity contribution in [1.82, 2.24) is 14.5 Å². The molecule has 36 heavy (non-hydrogen) atoms. The molecule has 3 rings (SSSR count). The number of carbonyl (C=O) groups is 1. The Labute approximate surface area is 207 Å². The molecule has 3 N–H and O–H groups in total. The van der Waals surface area contributed by atoms with Crippen molar-refractivity contribution in [3.05, 3.63) is 34.9 Å². The van der Waals surface area contributed by atoms with Crippen LogP contribution in [0.15, 0.2) is 22.2 Å². The topological polar surface area (TPSA) is 120 Å². The lowest BCUT2D eigenvalue weighted by Gasteiger charge is -2.50. The number of nitrogens with one attached hydrogen (secondary N) is 1. The van der Waals surface area contributed by atoms with E-state index in [0.717, 1.165) is 18.3 Å². The molecule has 0 atom stereocenters. The molecule has 1 amide bonds. The second-order valence-electron chi connectivity index (χ2n) is 9.09. The summed E-state index contributed by atoms with van der Waals surface area (Å²) < 4.78 is 83.0. The molecule has 1 heterocycles. The third-order valence-electron chi connectivity index (χ3n) is 6.86. The fourth-order valence-electron chi connectivity index (χ4n) is 4.66. The van der Waals surface area contributed by atoms with E-state index in [9.17, 15) is 30.8 Å². The van der Waals surface area contributed by atoms with Gasteiger partial charge in [0.05, 0.1) is 11.8 Å². The SMILES string of the molecule is CN=C/C(=N/N)S(=O)(=O)N1CCN(C2(CNC(=O)c3cc(F)c(C)cc3F)CCC(F)(F)CC2)CC1. The Morgan fingerprint density at radius 2 is 1.72 bits per heavy atom. The Morgan fingerprint density at radius 1 is 1.11 bits per heavy atom. The van der Waals surface area contributed by atoms with Crippen LogP contribution < -0.4 is 11.2 Å². The van der Waals surface area contributed by atoms with E-state index < -0.39 is 62.5 Å². The largest absolute Gasteiger partial charge is 0.350 e. The number of hydrogen-bond donors (Lipinski definition) is 2. The number of hydrogen-bond acceptors (Lipinski definition) is 7. The van der Waals surface area contributed by atoms with Gasteiger partial charge in [0, 0.05) is 58.2 Å². The molecule has 200 valence electrons. The van der Waals surface area contributed by atoms with Crippen molar-refractivity contribution in [1.29, 1.82) is 0 Å². The lowest BCUT2D eigenvalue weighted by atomic mass is 9.78. The fourth-order valence-corrected chi connectivity index (χ4v) is 5.94. The number of piperazine rings is 1. The van der Waals surface area contributed by atoms with Crippen LogP contribution in [0.5, 0.6) is 0 Å². The van der Waals surface area contributed by atoms with Crippen LogP contribution in [0.2, 0.25) is 0 Å². The first kappa shape index (κ1) is 28.0. The molecule has 0 spiro atoms. The number of rotatable bonds is 6. The second kappa shape index (κ2) is 10.8. The first-order valence-corrected chi connectivity index (χ1v) is 12.9. The number of benzene rings is 1. The Bertz CT molecular complexity index is 1140. The minimum Gasteiger partial charge on any atom is -0.350 e. The molecule has 1 aliphatic heterocycles. The lowest BCUT2D eigenvalue weighted by molar-refractivity contribution is -0.0855. The zero-order valence-electron chi connectivity index (χ0n) is 20.1. The van der Waals surface area contributed by atoms with E-state index in [1.54, 1.807) is 0 Å². The average Bonchev–Trinajstić information content (AvgIpc) is 2.84. The Hall–Kier alpha value is -2.58. The minimum absolute atomic E-state index is 0.0375. The van der Waals surface area contributed by atoms with E-state index in [1.807, 2.05) is 4.90 Å². The summed E-state index contributed by atoms with van der Waals surface area (Å²) in [5, 5.41) is 5.49. The third-order valence-corrected chi connectivity index (χ3v) is 8.65. The van der Waals surface area contributed by atoms with Crippen LogP contribution in [0.25, 0.3) is 0 Å². The molecule has 1 saturated heterocycles. The quantitative estimate of drug-likeness (QED) is 0.190. The zero-order valence-corrected chi connectivity index (χ0v) is 20.9. The maximum Gasteiger partial charge on any atom is 0.263 e. The number of alkyl halides is 2. The third kappa shape index (κ3) is 5.86. The number of carbonyl (C=O) groups excluding carboxylic acids is 1. The van der Waals surface area contributed by atoms with E-state index in [-0.39, 0.29) is 51.1 Å². The molecule has 14 heteroatoms. The van der Waals surface area contributed by atoms with E-state index in [1.165, 1.54) is 18.3 Å². The van der Waals surface area contributed by atoms with Crippen molar-refractivity contribution < 1.29 is 30.8 Å². The van der Waals surface area contributed by atoms with Crippen molar-refractivity contribution in [2.24, 2.45) is 15.9 Å². The number of amides is 1. The van der Waals surface area contributed by atoms with Gasteiger partial charge >= 0.3 is 0 Å². The van der Waals surface area contributed by atoms with Crippen LogP contribution in [-0.4, -0.2) is 86.0 Å². The maximum absolute atomic E-state index is 14.3. The molecule has 0 unspecified atom stereocenters. The van der Waals surface area contributed by atoms with Crippen LogP contribution in [0.3, 0.4) is 0 Å². The smallest absolute Gasteiger partial charge is 0.263 e. The normalized spacial score (nSPS) is 21.6. The summed E-state index contributed by atoms with van der Waals surface area (Å²) in [6.45, 7) is 1.78. The van der Waals surface area contributed by atoms with Crippen molar-refractivity contribution in [2.75, 3.05) is 39.8 Å². The number of hydrazone groups is 1. The number of sulfonamides is 1. The van der Waals surface area contributed by atoms with Crippen LogP contribution in [0.4, 0.5) is 17.6 Å². The van der Waals surface area contributed by atoms with Crippen molar-refractivity contribution in [3.63, 3.8) is 0 Å². The number of nitrogens with two attached hydrogens (primary N) is 1. The van der Waals surface area contributed by atoms with E-state index in [4.69, 9.17) is 5.84 Å². The van der Waals surface area contributed by atoms with Crippen molar-refractivity contribution >= 4 is 27.2 Å². The summed E-state index contributed by atoms with van der Waals surface area (Å²) in [4.78, 5) is 18.2. The van der Waals surface area contributed by atoms with Gasteiger partial charge < -0.3 is 11.2 Å². The molecular weight excluding hydrogens is 504 g/mol. The van der Waals surface area contributed by atoms with E-state index >= 15 is 0 Å². The highest BCUT2D eigenvalue weighted by Crippen LogP contribution is 2.42. The minimum atomic E-state index is -3.99. The standard InChI is InChI=1S/C22H30F4N6O3S/c1-15-11-18(24)16(12-17(15)23)20(33)29-14-21(3-5-22(25,26)6-4-21)31-7-9-32(10-8-31)36(34,35)19(30-27)13-28-2/h11-13H,3-10,14,27H2,1-2H3,(H,29,33)/b28-13?,30-19-. The second-order valence-corrected chi connectivity index (χ2v) is 11.0. The molecule has 2 aliphatic rings. The number of aryl methyl sites for hydroxylation is 1. The van der Waals surface area contributed by atoms with Gasteiger partial charge in [0.15, 0.2) is 0 Å². The van der Waals surface area contributed by atoms with Gasteiger partial charge in [-0.25, -0.2) is 26.0 Å². The van der Waals surface area contributed by atoms with Crippen LogP contribution in [-0.2, 0) is 10.0 Å². The Balaban J connectivity index is 1.77. The van der Waals surface area contributed by atoms with Crippen molar-refractivity contribution in [3.8, 4) is 0 Å². The van der Waals surface area contributed by atoms with Gasteiger partial charge in [-0.15, -0.1) is 0 Å². The number of halogens is 4. The number of nitrogens with zero attached hydrogens (tertiary/aromatic N) is 4. The van der Waals surface area contributed by atoms with Gasteiger partial charge in [-0.05, 0) is 37.5 Å². The van der Waals surface area contributed by atoms with Gasteiger partial charge in [-0.1, -0.05) is 0 Å². The molecule has 1 aliphatic carbocycles. The highest BCUT2D eigenvalue weighted by atomic mass is 32.2. The molecule has 1 aromatic carbocycles. The zero-order chi connectivity index (χ0) is 26.7. The van der Waals surface area contributed by atoms with Crippen molar-refractivity contribution in [2.45, 2.75) is 44.1 Å². The van der Waals surface area contributed by atoms with Gasteiger partial charge in [-0.3, -0.25) is 14.7 Å². The van der Waals surface area contributed by atoms with Crippen LogP contribution in [0, 0.1) is 18.6 Å². The summed E-state index contributed by atoms with van der Waals surface area (Å²) in [6, 6.07) is 1.73. The highest BCUT2D eigenvalue weighted by Gasteiger charge is 2.48. The van der Waals surface area contributed by atoms with Gasteiger partial charge in [0.2, 0.25) is 11.0 Å². The summed E-state index contributed by atoms with van der Waals surface area (Å²) in [6.07, 6.45) is 0.290. The van der Waals surface area contributed by atoms with Gasteiger partial charge in [0.25, 0.3) is 15.9 Å². The molecule has 9 nitrogen and oxygen atoms in total. The molecule has 1 saturated carbocycles. The molecule has 2 fully saturated rings. The lowest BCUT2D eigenvalue weighted by Crippen LogP contribution is -2.63. The van der Waals surface area contributed by atoms with Gasteiger partial charge in [-0.2, -0.15) is 9.41 Å². The van der Waals surface area contributed by atoms with Crippen LogP contribution in [0.1, 0.15) is 41.6 Å². The first-order chi connectivity index (χ1) is 16.8. The highest BCUT2D eigenvalue weighted by molar-refractivity contribution is 8.06. The monoisotopic (exact) mass is 534 g/mol. The molecular formula is C22H30F4N6O3S. The summed E-state index contributed by atoms with van der Waals surface area (Å²) >= 11 is 0. The predicted molar refractivity (Wildman–Crippen MR) is 128 cm³/mol. The average molecular weight is 535 g/mol. The Kier molecular flexibility index (Phi) is 8.41. The summed E-state index contributed by atoms with van der Waals surface area (Å²) in [5.74, 6) is -0.123. The summed E-state index contributed by atoms with van der Waals surface area (Å²) in [7, 11) is -2.61. The first-order valence-electron chi connectivity index (χ1n) is 11.4. The maximum atomic E-state index is 14.3. The predicted octanol–water partition coefficient (Wildman–Crippen LogP) is 1.87. The molecule has 1 aromatic rings. The fraction of sp³-hybridized carbons (Fsp3) is 0.591. The van der Waals surface area contributed by atoms with E-state index in [2.05, 4.69) is 15.4 Å². The Morgan fingerprint density at radius 3 is 2.28 bits per heavy atom. The summed E-state index contributed by atoms with van der Waals surface area (Å²) in [5.41, 5.74) is -1.32. The van der Waals surface area contributed by atoms with Gasteiger partial charge in [0.1, 0.15) is 11.6 Å².